The molecule has 3 heteroatoms. The Morgan fingerprint density at radius 1 is 1.35 bits per heavy atom. The Labute approximate surface area is 113 Å². The summed E-state index contributed by atoms with van der Waals surface area (Å²) in [5.74, 6) is 0.546. The van der Waals surface area contributed by atoms with Gasteiger partial charge in [-0.25, -0.2) is 0 Å². The Hall–Kier alpha value is -0.380. The van der Waals surface area contributed by atoms with Crippen molar-refractivity contribution in [2.75, 3.05) is 26.3 Å². The molecule has 2 nitrogen and oxygen atoms in total. The van der Waals surface area contributed by atoms with Crippen LogP contribution in [0.4, 0.5) is 0 Å². The van der Waals surface area contributed by atoms with Crippen molar-refractivity contribution < 1.29 is 4.74 Å². The Bertz CT molecular complexity index is 309. The number of halogens is 1. The van der Waals surface area contributed by atoms with Gasteiger partial charge in [0.1, 0.15) is 0 Å². The molecule has 1 unspecified atom stereocenters. The van der Waals surface area contributed by atoms with Crippen molar-refractivity contribution in [1.29, 1.82) is 0 Å². The smallest absolute Gasteiger partial charge is 0.0509 e. The molecule has 0 bridgehead atoms. The molecule has 1 aromatic rings. The second kappa shape index (κ2) is 8.67. The molecule has 0 radical (unpaired) electrons. The van der Waals surface area contributed by atoms with Crippen molar-refractivity contribution >= 4 is 15.9 Å². The van der Waals surface area contributed by atoms with Gasteiger partial charge in [0.2, 0.25) is 0 Å². The summed E-state index contributed by atoms with van der Waals surface area (Å²) in [5.41, 5.74) is 1.36. The fourth-order valence-electron chi connectivity index (χ4n) is 1.82. The minimum atomic E-state index is 0.546. The number of hydrogen-bond donors (Lipinski definition) is 1. The van der Waals surface area contributed by atoms with E-state index < -0.39 is 0 Å². The maximum atomic E-state index is 5.54. The van der Waals surface area contributed by atoms with E-state index in [1.807, 2.05) is 6.92 Å². The average molecular weight is 300 g/mol. The second-order valence-electron chi connectivity index (χ2n) is 4.17. The summed E-state index contributed by atoms with van der Waals surface area (Å²) in [6.07, 6.45) is 1.06. The van der Waals surface area contributed by atoms with Gasteiger partial charge < -0.3 is 10.1 Å². The molecular formula is C14H22BrNO. The van der Waals surface area contributed by atoms with E-state index >= 15 is 0 Å². The van der Waals surface area contributed by atoms with Crippen LogP contribution in [0.15, 0.2) is 28.7 Å². The SMILES string of the molecule is CCNCC(COCC)Cc1cccc(Br)c1. The van der Waals surface area contributed by atoms with Crippen molar-refractivity contribution in [3.05, 3.63) is 34.3 Å². The molecule has 0 saturated heterocycles. The standard InChI is InChI=1S/C14H22BrNO/c1-3-16-10-13(11-17-4-2)8-12-6-5-7-14(15)9-12/h5-7,9,13,16H,3-4,8,10-11H2,1-2H3. The molecule has 1 rings (SSSR count). The molecule has 0 amide bonds. The zero-order valence-electron chi connectivity index (χ0n) is 10.7. The molecule has 1 aromatic carbocycles. The van der Waals surface area contributed by atoms with Crippen molar-refractivity contribution in [1.82, 2.24) is 5.32 Å². The molecule has 0 aliphatic rings. The summed E-state index contributed by atoms with van der Waals surface area (Å²) in [6.45, 7) is 7.83. The molecule has 1 N–H and O–H groups in total. The predicted octanol–water partition coefficient (Wildman–Crippen LogP) is 3.25. The molecule has 0 fully saturated rings. The fourth-order valence-corrected chi connectivity index (χ4v) is 2.27. The van der Waals surface area contributed by atoms with Gasteiger partial charge in [0.15, 0.2) is 0 Å². The molecule has 17 heavy (non-hydrogen) atoms. The summed E-state index contributed by atoms with van der Waals surface area (Å²) in [6, 6.07) is 8.51. The van der Waals surface area contributed by atoms with Gasteiger partial charge in [-0.3, -0.25) is 0 Å². The highest BCUT2D eigenvalue weighted by Gasteiger charge is 2.09. The van der Waals surface area contributed by atoms with Crippen LogP contribution < -0.4 is 5.32 Å². The third-order valence-corrected chi connectivity index (χ3v) is 3.15. The summed E-state index contributed by atoms with van der Waals surface area (Å²) in [5, 5.41) is 3.40. The largest absolute Gasteiger partial charge is 0.381 e. The Balaban J connectivity index is 2.51. The van der Waals surface area contributed by atoms with Crippen LogP contribution in [0.1, 0.15) is 19.4 Å². The fraction of sp³-hybridized carbons (Fsp3) is 0.571. The van der Waals surface area contributed by atoms with E-state index in [1.165, 1.54) is 5.56 Å². The van der Waals surface area contributed by atoms with Gasteiger partial charge in [0.05, 0.1) is 6.61 Å². The predicted molar refractivity (Wildman–Crippen MR) is 76.4 cm³/mol. The highest BCUT2D eigenvalue weighted by molar-refractivity contribution is 9.10. The van der Waals surface area contributed by atoms with E-state index in [4.69, 9.17) is 4.74 Å². The van der Waals surface area contributed by atoms with E-state index in [2.05, 4.69) is 52.4 Å². The minimum Gasteiger partial charge on any atom is -0.381 e. The summed E-state index contributed by atoms with van der Waals surface area (Å²) in [7, 11) is 0. The highest BCUT2D eigenvalue weighted by atomic mass is 79.9. The topological polar surface area (TPSA) is 21.3 Å². The number of nitrogens with one attached hydrogen (secondary N) is 1. The third-order valence-electron chi connectivity index (χ3n) is 2.65. The monoisotopic (exact) mass is 299 g/mol. The number of hydrogen-bond acceptors (Lipinski definition) is 2. The van der Waals surface area contributed by atoms with Crippen molar-refractivity contribution in [2.45, 2.75) is 20.3 Å². The van der Waals surface area contributed by atoms with Gasteiger partial charge in [0.25, 0.3) is 0 Å². The Morgan fingerprint density at radius 3 is 2.82 bits per heavy atom. The molecule has 1 atom stereocenters. The molecule has 0 heterocycles. The van der Waals surface area contributed by atoms with E-state index in [-0.39, 0.29) is 0 Å². The van der Waals surface area contributed by atoms with Crippen LogP contribution in [-0.4, -0.2) is 26.3 Å². The summed E-state index contributed by atoms with van der Waals surface area (Å²) >= 11 is 3.51. The third kappa shape index (κ3) is 6.20. The Kier molecular flexibility index (Phi) is 7.49. The van der Waals surface area contributed by atoms with Gasteiger partial charge in [-0.1, -0.05) is 35.0 Å². The Morgan fingerprint density at radius 2 is 2.18 bits per heavy atom. The molecule has 0 aliphatic carbocycles. The highest BCUT2D eigenvalue weighted by Crippen LogP contribution is 2.15. The summed E-state index contributed by atoms with van der Waals surface area (Å²) in [4.78, 5) is 0. The minimum absolute atomic E-state index is 0.546. The number of ether oxygens (including phenoxy) is 1. The maximum absolute atomic E-state index is 5.54. The lowest BCUT2D eigenvalue weighted by Gasteiger charge is -2.17. The first-order valence-corrected chi connectivity index (χ1v) is 7.08. The zero-order chi connectivity index (χ0) is 12.5. The first kappa shape index (κ1) is 14.7. The molecular weight excluding hydrogens is 278 g/mol. The summed E-state index contributed by atoms with van der Waals surface area (Å²) < 4.78 is 6.69. The van der Waals surface area contributed by atoms with Crippen LogP contribution in [0.3, 0.4) is 0 Å². The lowest BCUT2D eigenvalue weighted by Crippen LogP contribution is -2.27. The maximum Gasteiger partial charge on any atom is 0.0509 e. The van der Waals surface area contributed by atoms with Gasteiger partial charge in [-0.2, -0.15) is 0 Å². The van der Waals surface area contributed by atoms with E-state index in [0.717, 1.165) is 37.2 Å². The first-order valence-electron chi connectivity index (χ1n) is 6.29. The van der Waals surface area contributed by atoms with Crippen molar-refractivity contribution in [3.8, 4) is 0 Å². The van der Waals surface area contributed by atoms with E-state index in [0.29, 0.717) is 5.92 Å². The molecule has 0 aliphatic heterocycles. The van der Waals surface area contributed by atoms with Crippen LogP contribution >= 0.6 is 15.9 Å². The second-order valence-corrected chi connectivity index (χ2v) is 5.08. The van der Waals surface area contributed by atoms with E-state index in [9.17, 15) is 0 Å². The average Bonchev–Trinajstić information content (AvgIpc) is 2.32. The lowest BCUT2D eigenvalue weighted by atomic mass is 10.00. The quantitative estimate of drug-likeness (QED) is 0.795. The van der Waals surface area contributed by atoms with Crippen LogP contribution in [-0.2, 0) is 11.2 Å². The van der Waals surface area contributed by atoms with Gasteiger partial charge in [-0.15, -0.1) is 0 Å². The molecule has 0 saturated carbocycles. The van der Waals surface area contributed by atoms with Crippen LogP contribution in [0, 0.1) is 5.92 Å². The normalized spacial score (nSPS) is 12.6. The van der Waals surface area contributed by atoms with Crippen LogP contribution in [0.2, 0.25) is 0 Å². The number of rotatable bonds is 8. The van der Waals surface area contributed by atoms with Crippen LogP contribution in [0.5, 0.6) is 0 Å². The first-order chi connectivity index (χ1) is 8.26. The molecule has 96 valence electrons. The lowest BCUT2D eigenvalue weighted by molar-refractivity contribution is 0.110. The molecule has 0 spiro atoms. The van der Waals surface area contributed by atoms with Crippen molar-refractivity contribution in [3.63, 3.8) is 0 Å². The van der Waals surface area contributed by atoms with Crippen LogP contribution in [0.25, 0.3) is 0 Å². The van der Waals surface area contributed by atoms with Gasteiger partial charge in [-0.05, 0) is 43.5 Å². The van der Waals surface area contributed by atoms with Gasteiger partial charge >= 0.3 is 0 Å². The number of benzene rings is 1. The zero-order valence-corrected chi connectivity index (χ0v) is 12.3. The van der Waals surface area contributed by atoms with Gasteiger partial charge in [0, 0.05) is 17.6 Å². The molecule has 0 aromatic heterocycles. The van der Waals surface area contributed by atoms with Crippen molar-refractivity contribution in [2.24, 2.45) is 5.92 Å². The van der Waals surface area contributed by atoms with E-state index in [1.54, 1.807) is 0 Å².